The summed E-state index contributed by atoms with van der Waals surface area (Å²) in [6.45, 7) is 0. The van der Waals surface area contributed by atoms with Crippen LogP contribution in [0.4, 0.5) is 27.6 Å². The quantitative estimate of drug-likeness (QED) is 0.569. The van der Waals surface area contributed by atoms with Gasteiger partial charge in [-0.15, -0.1) is 0 Å². The zero-order valence-corrected chi connectivity index (χ0v) is 7.28. The second-order valence-corrected chi connectivity index (χ2v) is 2.93. The second kappa shape index (κ2) is 3.65. The molecule has 84 valence electrons. The van der Waals surface area contributed by atoms with E-state index in [0.29, 0.717) is 12.1 Å². The van der Waals surface area contributed by atoms with Crippen LogP contribution in [0.15, 0.2) is 12.1 Å². The summed E-state index contributed by atoms with van der Waals surface area (Å²) in [7, 11) is 0. The Morgan fingerprint density at radius 3 is 2.13 bits per heavy atom. The summed E-state index contributed by atoms with van der Waals surface area (Å²) in [6.07, 6.45) is -4.85. The Hall–Kier alpha value is -1.37. The summed E-state index contributed by atoms with van der Waals surface area (Å²) in [6, 6.07) is -1.34. The van der Waals surface area contributed by atoms with Gasteiger partial charge in [-0.05, 0) is 12.1 Å². The Labute approximate surface area is 81.7 Å². The summed E-state index contributed by atoms with van der Waals surface area (Å²) in [5.41, 5.74) is 8.49. The highest BCUT2D eigenvalue weighted by Gasteiger charge is 2.40. The van der Waals surface area contributed by atoms with Gasteiger partial charge in [0.1, 0.15) is 6.04 Å². The van der Waals surface area contributed by atoms with Crippen LogP contribution in [-0.2, 0) is 0 Å². The number of alkyl halides is 3. The first-order chi connectivity index (χ1) is 6.73. The smallest absolute Gasteiger partial charge is 0.399 e. The van der Waals surface area contributed by atoms with Crippen LogP contribution in [0.2, 0.25) is 0 Å². The molecule has 0 radical (unpaired) electrons. The van der Waals surface area contributed by atoms with Crippen molar-refractivity contribution < 1.29 is 22.0 Å². The van der Waals surface area contributed by atoms with Crippen molar-refractivity contribution in [2.75, 3.05) is 5.73 Å². The molecule has 1 aromatic carbocycles. The van der Waals surface area contributed by atoms with Gasteiger partial charge in [0, 0.05) is 11.3 Å². The number of rotatable bonds is 1. The van der Waals surface area contributed by atoms with Gasteiger partial charge in [0.15, 0.2) is 11.6 Å². The van der Waals surface area contributed by atoms with Crippen LogP contribution in [-0.4, -0.2) is 6.18 Å². The van der Waals surface area contributed by atoms with Gasteiger partial charge in [-0.2, -0.15) is 13.2 Å². The number of hydrogen-bond donors (Lipinski definition) is 2. The van der Waals surface area contributed by atoms with Gasteiger partial charge < -0.3 is 11.5 Å². The molecule has 0 aliphatic rings. The Morgan fingerprint density at radius 1 is 1.13 bits per heavy atom. The predicted octanol–water partition coefficient (Wildman–Crippen LogP) is 2.11. The number of nitrogen functional groups attached to an aromatic ring is 1. The van der Waals surface area contributed by atoms with Crippen LogP contribution in [0.3, 0.4) is 0 Å². The number of hydrogen-bond acceptors (Lipinski definition) is 2. The lowest BCUT2D eigenvalue weighted by atomic mass is 10.1. The molecule has 0 aliphatic heterocycles. The van der Waals surface area contributed by atoms with Gasteiger partial charge in [-0.25, -0.2) is 8.78 Å². The summed E-state index contributed by atoms with van der Waals surface area (Å²) in [5, 5.41) is 0. The van der Waals surface area contributed by atoms with Gasteiger partial charge >= 0.3 is 6.18 Å². The average molecular weight is 226 g/mol. The molecule has 0 heterocycles. The maximum Gasteiger partial charge on any atom is 0.407 e. The molecule has 0 unspecified atom stereocenters. The maximum atomic E-state index is 13.0. The fourth-order valence-electron chi connectivity index (χ4n) is 1.03. The Morgan fingerprint density at radius 2 is 1.67 bits per heavy atom. The molecule has 2 nitrogen and oxygen atoms in total. The van der Waals surface area contributed by atoms with Gasteiger partial charge in [-0.3, -0.25) is 0 Å². The molecule has 0 aliphatic carbocycles. The van der Waals surface area contributed by atoms with Crippen LogP contribution < -0.4 is 11.5 Å². The highest BCUT2D eigenvalue weighted by atomic mass is 19.4. The Balaban J connectivity index is 3.25. The number of benzene rings is 1. The van der Waals surface area contributed by atoms with Crippen LogP contribution in [0.5, 0.6) is 0 Å². The van der Waals surface area contributed by atoms with Crippen molar-refractivity contribution in [1.82, 2.24) is 0 Å². The van der Waals surface area contributed by atoms with E-state index in [2.05, 4.69) is 0 Å². The van der Waals surface area contributed by atoms with E-state index in [9.17, 15) is 22.0 Å². The lowest BCUT2D eigenvalue weighted by Crippen LogP contribution is -2.29. The summed E-state index contributed by atoms with van der Waals surface area (Å²) < 4.78 is 62.0. The van der Waals surface area contributed by atoms with E-state index in [1.807, 2.05) is 0 Å². The molecule has 0 bridgehead atoms. The summed E-state index contributed by atoms with van der Waals surface area (Å²) in [4.78, 5) is 0. The molecule has 0 aromatic heterocycles. The minimum atomic E-state index is -4.85. The molecule has 1 atom stereocenters. The highest BCUT2D eigenvalue weighted by molar-refractivity contribution is 5.43. The standard InChI is InChI=1S/C8H7F5N2/c9-5-2-3(14)1-4(6(5)10)7(15)8(11,12)13/h1-2,7H,14-15H2/t7-/m1/s1. The third kappa shape index (κ3) is 2.35. The van der Waals surface area contributed by atoms with Gasteiger partial charge in [0.2, 0.25) is 0 Å². The van der Waals surface area contributed by atoms with Crippen LogP contribution >= 0.6 is 0 Å². The normalized spacial score (nSPS) is 14.0. The molecular formula is C8H7F5N2. The van der Waals surface area contributed by atoms with Gasteiger partial charge in [0.05, 0.1) is 0 Å². The molecule has 0 saturated heterocycles. The molecule has 7 heteroatoms. The highest BCUT2D eigenvalue weighted by Crippen LogP contribution is 2.33. The van der Waals surface area contributed by atoms with E-state index in [1.165, 1.54) is 0 Å². The number of nitrogens with two attached hydrogens (primary N) is 2. The van der Waals surface area contributed by atoms with E-state index in [4.69, 9.17) is 11.5 Å². The van der Waals surface area contributed by atoms with E-state index in [0.717, 1.165) is 0 Å². The summed E-state index contributed by atoms with van der Waals surface area (Å²) in [5.74, 6) is -3.08. The van der Waals surface area contributed by atoms with Gasteiger partial charge in [0.25, 0.3) is 0 Å². The SMILES string of the molecule is Nc1cc(F)c(F)c([C@@H](N)C(F)(F)F)c1. The fourth-order valence-corrected chi connectivity index (χ4v) is 1.03. The number of anilines is 1. The van der Waals surface area contributed by atoms with Crippen LogP contribution in [0.1, 0.15) is 11.6 Å². The molecule has 0 amide bonds. The minimum absolute atomic E-state index is 0.316. The molecule has 15 heavy (non-hydrogen) atoms. The van der Waals surface area contributed by atoms with Crippen molar-refractivity contribution in [3.05, 3.63) is 29.3 Å². The molecule has 0 spiro atoms. The van der Waals surface area contributed by atoms with Crippen LogP contribution in [0, 0.1) is 11.6 Å². The molecule has 0 saturated carbocycles. The lowest BCUT2D eigenvalue weighted by Gasteiger charge is -2.17. The summed E-state index contributed by atoms with van der Waals surface area (Å²) >= 11 is 0. The zero-order chi connectivity index (χ0) is 11.8. The Kier molecular flexibility index (Phi) is 2.85. The van der Waals surface area contributed by atoms with Crippen molar-refractivity contribution in [2.45, 2.75) is 12.2 Å². The van der Waals surface area contributed by atoms with E-state index in [1.54, 1.807) is 0 Å². The van der Waals surface area contributed by atoms with E-state index >= 15 is 0 Å². The topological polar surface area (TPSA) is 52.0 Å². The van der Waals surface area contributed by atoms with E-state index in [-0.39, 0.29) is 5.69 Å². The lowest BCUT2D eigenvalue weighted by molar-refractivity contribution is -0.149. The van der Waals surface area contributed by atoms with Crippen molar-refractivity contribution in [3.8, 4) is 0 Å². The average Bonchev–Trinajstić information content (AvgIpc) is 2.08. The maximum absolute atomic E-state index is 13.0. The zero-order valence-electron chi connectivity index (χ0n) is 7.28. The van der Waals surface area contributed by atoms with Crippen molar-refractivity contribution in [2.24, 2.45) is 5.73 Å². The molecule has 1 aromatic rings. The van der Waals surface area contributed by atoms with Crippen molar-refractivity contribution >= 4 is 5.69 Å². The third-order valence-corrected chi connectivity index (χ3v) is 1.77. The number of halogens is 5. The fraction of sp³-hybridized carbons (Fsp3) is 0.250. The first kappa shape index (κ1) is 11.7. The second-order valence-electron chi connectivity index (χ2n) is 2.93. The first-order valence-electron chi connectivity index (χ1n) is 3.80. The van der Waals surface area contributed by atoms with Crippen molar-refractivity contribution in [1.29, 1.82) is 0 Å². The Bertz CT molecular complexity index is 374. The molecular weight excluding hydrogens is 219 g/mol. The predicted molar refractivity (Wildman–Crippen MR) is 43.8 cm³/mol. The van der Waals surface area contributed by atoms with Crippen molar-refractivity contribution in [3.63, 3.8) is 0 Å². The molecule has 0 fully saturated rings. The first-order valence-corrected chi connectivity index (χ1v) is 3.80. The third-order valence-electron chi connectivity index (χ3n) is 1.77. The molecule has 1 rings (SSSR count). The van der Waals surface area contributed by atoms with E-state index < -0.39 is 29.4 Å². The molecule has 4 N–H and O–H groups in total. The monoisotopic (exact) mass is 226 g/mol. The largest absolute Gasteiger partial charge is 0.407 e. The van der Waals surface area contributed by atoms with Crippen LogP contribution in [0.25, 0.3) is 0 Å². The van der Waals surface area contributed by atoms with Gasteiger partial charge in [-0.1, -0.05) is 0 Å². The minimum Gasteiger partial charge on any atom is -0.399 e.